The van der Waals surface area contributed by atoms with Gasteiger partial charge >= 0.3 is 0 Å². The lowest BCUT2D eigenvalue weighted by atomic mass is 10.1. The van der Waals surface area contributed by atoms with Gasteiger partial charge < -0.3 is 19.7 Å². The Morgan fingerprint density at radius 3 is 2.90 bits per heavy atom. The normalized spacial score (nSPS) is 43.8. The standard InChI is InChI=1S/C6H10O4/c7-6(8)2-1-4-3-9-5(6)10-4/h4-5,7-8H,1-3H2/t4-,5+/m0/s1. The molecule has 0 aromatic rings. The predicted octanol–water partition coefficient (Wildman–Crippen LogP) is -0.797. The van der Waals surface area contributed by atoms with Gasteiger partial charge in [-0.25, -0.2) is 0 Å². The maximum atomic E-state index is 9.17. The van der Waals surface area contributed by atoms with Crippen molar-refractivity contribution in [2.24, 2.45) is 0 Å². The third-order valence-electron chi connectivity index (χ3n) is 1.96. The zero-order valence-electron chi connectivity index (χ0n) is 5.49. The number of hydrogen-bond donors (Lipinski definition) is 2. The van der Waals surface area contributed by atoms with Gasteiger partial charge in [-0.05, 0) is 6.42 Å². The summed E-state index contributed by atoms with van der Waals surface area (Å²) in [7, 11) is 0. The highest BCUT2D eigenvalue weighted by Gasteiger charge is 2.47. The largest absolute Gasteiger partial charge is 0.362 e. The molecule has 2 bridgehead atoms. The Morgan fingerprint density at radius 2 is 2.20 bits per heavy atom. The molecule has 0 aromatic carbocycles. The lowest BCUT2D eigenvalue weighted by Gasteiger charge is -2.30. The van der Waals surface area contributed by atoms with Gasteiger partial charge in [0.25, 0.3) is 0 Å². The van der Waals surface area contributed by atoms with E-state index in [0.717, 1.165) is 0 Å². The van der Waals surface area contributed by atoms with E-state index in [0.29, 0.717) is 19.4 Å². The third-order valence-corrected chi connectivity index (χ3v) is 1.96. The van der Waals surface area contributed by atoms with Gasteiger partial charge in [-0.2, -0.15) is 0 Å². The lowest BCUT2D eigenvalue weighted by molar-refractivity contribution is -0.307. The molecule has 2 saturated heterocycles. The molecule has 2 fully saturated rings. The fourth-order valence-corrected chi connectivity index (χ4v) is 1.33. The molecule has 10 heavy (non-hydrogen) atoms. The summed E-state index contributed by atoms with van der Waals surface area (Å²) in [6.07, 6.45) is 0.287. The Kier molecular flexibility index (Phi) is 1.25. The van der Waals surface area contributed by atoms with Gasteiger partial charge in [-0.1, -0.05) is 0 Å². The Labute approximate surface area is 58.4 Å². The van der Waals surface area contributed by atoms with Crippen LogP contribution in [0.25, 0.3) is 0 Å². The highest BCUT2D eigenvalue weighted by Crippen LogP contribution is 2.32. The van der Waals surface area contributed by atoms with Crippen molar-refractivity contribution in [2.75, 3.05) is 6.61 Å². The summed E-state index contributed by atoms with van der Waals surface area (Å²) in [5.74, 6) is -1.76. The molecule has 2 rings (SSSR count). The van der Waals surface area contributed by atoms with E-state index in [2.05, 4.69) is 0 Å². The molecule has 0 radical (unpaired) electrons. The van der Waals surface area contributed by atoms with Crippen molar-refractivity contribution in [3.05, 3.63) is 0 Å². The van der Waals surface area contributed by atoms with E-state index >= 15 is 0 Å². The van der Waals surface area contributed by atoms with E-state index in [1.807, 2.05) is 0 Å². The minimum absolute atomic E-state index is 0.0809. The van der Waals surface area contributed by atoms with Crippen molar-refractivity contribution in [1.82, 2.24) is 0 Å². The molecular formula is C6H10O4. The van der Waals surface area contributed by atoms with Gasteiger partial charge in [0.2, 0.25) is 12.1 Å². The lowest BCUT2D eigenvalue weighted by Crippen LogP contribution is -2.46. The molecule has 0 aliphatic carbocycles. The monoisotopic (exact) mass is 146 g/mol. The second kappa shape index (κ2) is 1.92. The summed E-state index contributed by atoms with van der Waals surface area (Å²) >= 11 is 0. The Bertz CT molecular complexity index is 145. The summed E-state index contributed by atoms with van der Waals surface area (Å²) in [6, 6.07) is 0. The average molecular weight is 146 g/mol. The zero-order chi connectivity index (χ0) is 7.19. The van der Waals surface area contributed by atoms with E-state index in [4.69, 9.17) is 19.7 Å². The van der Waals surface area contributed by atoms with Crippen molar-refractivity contribution >= 4 is 0 Å². The van der Waals surface area contributed by atoms with Crippen LogP contribution >= 0.6 is 0 Å². The maximum Gasteiger partial charge on any atom is 0.215 e. The van der Waals surface area contributed by atoms with E-state index in [1.54, 1.807) is 0 Å². The number of fused-ring (bicyclic) bond motifs is 2. The average Bonchev–Trinajstić information content (AvgIpc) is 2.26. The van der Waals surface area contributed by atoms with Gasteiger partial charge in [-0.15, -0.1) is 0 Å². The first kappa shape index (κ1) is 6.54. The van der Waals surface area contributed by atoms with Gasteiger partial charge in [0.15, 0.2) is 0 Å². The minimum atomic E-state index is -1.76. The van der Waals surface area contributed by atoms with E-state index < -0.39 is 12.1 Å². The molecule has 2 atom stereocenters. The van der Waals surface area contributed by atoms with Crippen LogP contribution in [0.2, 0.25) is 0 Å². The van der Waals surface area contributed by atoms with E-state index in [9.17, 15) is 0 Å². The second-order valence-electron chi connectivity index (χ2n) is 2.84. The smallest absolute Gasteiger partial charge is 0.215 e. The van der Waals surface area contributed by atoms with E-state index in [-0.39, 0.29) is 6.10 Å². The summed E-state index contributed by atoms with van der Waals surface area (Å²) in [6.45, 7) is 0.494. The molecule has 2 aliphatic rings. The van der Waals surface area contributed by atoms with Gasteiger partial charge in [0, 0.05) is 6.42 Å². The van der Waals surface area contributed by atoms with Gasteiger partial charge in [0.1, 0.15) is 0 Å². The van der Waals surface area contributed by atoms with Crippen LogP contribution in [-0.4, -0.2) is 35.0 Å². The first-order chi connectivity index (χ1) is 4.68. The summed E-state index contributed by atoms with van der Waals surface area (Å²) in [5, 5.41) is 18.3. The van der Waals surface area contributed by atoms with Crippen LogP contribution in [0.1, 0.15) is 12.8 Å². The Morgan fingerprint density at radius 1 is 1.40 bits per heavy atom. The van der Waals surface area contributed by atoms with Crippen LogP contribution in [0, 0.1) is 0 Å². The van der Waals surface area contributed by atoms with Crippen LogP contribution in [0.15, 0.2) is 0 Å². The van der Waals surface area contributed by atoms with Crippen LogP contribution < -0.4 is 0 Å². The molecule has 2 heterocycles. The summed E-state index contributed by atoms with van der Waals surface area (Å²) < 4.78 is 10.1. The molecule has 58 valence electrons. The van der Waals surface area contributed by atoms with Crippen molar-refractivity contribution < 1.29 is 19.7 Å². The highest BCUT2D eigenvalue weighted by molar-refractivity contribution is 4.83. The Balaban J connectivity index is 2.14. The van der Waals surface area contributed by atoms with Crippen LogP contribution in [0.5, 0.6) is 0 Å². The molecule has 0 spiro atoms. The topological polar surface area (TPSA) is 58.9 Å². The zero-order valence-corrected chi connectivity index (χ0v) is 5.49. The molecule has 0 aromatic heterocycles. The highest BCUT2D eigenvalue weighted by atomic mass is 16.8. The SMILES string of the molecule is OC1(O)CC[C@H]2CO[C@@H]1O2. The van der Waals surface area contributed by atoms with Crippen molar-refractivity contribution in [2.45, 2.75) is 31.0 Å². The van der Waals surface area contributed by atoms with Crippen molar-refractivity contribution in [3.8, 4) is 0 Å². The molecule has 2 N–H and O–H groups in total. The molecule has 2 aliphatic heterocycles. The molecule has 4 heteroatoms. The molecule has 4 nitrogen and oxygen atoms in total. The number of aliphatic hydroxyl groups is 2. The fourth-order valence-electron chi connectivity index (χ4n) is 1.33. The van der Waals surface area contributed by atoms with Crippen molar-refractivity contribution in [3.63, 3.8) is 0 Å². The Hall–Kier alpha value is -0.160. The molecule has 0 amide bonds. The quantitative estimate of drug-likeness (QED) is 0.439. The number of hydrogen-bond acceptors (Lipinski definition) is 4. The molecule has 0 unspecified atom stereocenters. The predicted molar refractivity (Wildman–Crippen MR) is 31.0 cm³/mol. The molecule has 0 saturated carbocycles. The second-order valence-corrected chi connectivity index (χ2v) is 2.84. The first-order valence-corrected chi connectivity index (χ1v) is 3.40. The maximum absolute atomic E-state index is 9.17. The first-order valence-electron chi connectivity index (χ1n) is 3.40. The van der Waals surface area contributed by atoms with Gasteiger partial charge in [0.05, 0.1) is 12.7 Å². The summed E-state index contributed by atoms with van der Waals surface area (Å²) in [5.41, 5.74) is 0. The van der Waals surface area contributed by atoms with Gasteiger partial charge in [-0.3, -0.25) is 0 Å². The van der Waals surface area contributed by atoms with Crippen LogP contribution in [0.3, 0.4) is 0 Å². The number of rotatable bonds is 0. The fraction of sp³-hybridized carbons (Fsp3) is 1.00. The molecular weight excluding hydrogens is 136 g/mol. The number of ether oxygens (including phenoxy) is 2. The third kappa shape index (κ3) is 0.845. The minimum Gasteiger partial charge on any atom is -0.362 e. The van der Waals surface area contributed by atoms with E-state index in [1.165, 1.54) is 0 Å². The van der Waals surface area contributed by atoms with Crippen LogP contribution in [0.4, 0.5) is 0 Å². The van der Waals surface area contributed by atoms with Crippen molar-refractivity contribution in [1.29, 1.82) is 0 Å². The van der Waals surface area contributed by atoms with Crippen LogP contribution in [-0.2, 0) is 9.47 Å². The summed E-state index contributed by atoms with van der Waals surface area (Å²) in [4.78, 5) is 0.